The molecule has 102 valence electrons. The average molecular weight is 270 g/mol. The van der Waals surface area contributed by atoms with E-state index in [1.54, 1.807) is 6.07 Å². The molecular weight excluding hydrogens is 248 g/mol. The highest BCUT2D eigenvalue weighted by Crippen LogP contribution is 2.25. The van der Waals surface area contributed by atoms with E-state index >= 15 is 0 Å². The third-order valence-electron chi connectivity index (χ3n) is 3.93. The molecule has 0 unspecified atom stereocenters. The number of primary sulfonamides is 1. The highest BCUT2D eigenvalue weighted by Gasteiger charge is 2.18. The molecule has 1 fully saturated rings. The molecule has 0 atom stereocenters. The fourth-order valence-corrected chi connectivity index (χ4v) is 3.63. The molecule has 1 aliphatic carbocycles. The lowest BCUT2D eigenvalue weighted by Gasteiger charge is -2.16. The van der Waals surface area contributed by atoms with Crippen LogP contribution in [0.2, 0.25) is 0 Å². The van der Waals surface area contributed by atoms with Gasteiger partial charge in [-0.25, -0.2) is 13.6 Å². The minimum atomic E-state index is -3.58. The number of hydrogen-bond acceptors (Lipinski definition) is 2. The summed E-state index contributed by atoms with van der Waals surface area (Å²) in [5.41, 5.74) is 0.766. The second kappa shape index (κ2) is 5.45. The Bertz CT molecular complexity index is 497. The van der Waals surface area contributed by atoms with Gasteiger partial charge in [0, 0.05) is 18.4 Å². The zero-order chi connectivity index (χ0) is 13.2. The van der Waals surface area contributed by atoms with Gasteiger partial charge < -0.3 is 4.57 Å². The summed E-state index contributed by atoms with van der Waals surface area (Å²) in [4.78, 5) is 0.260. The molecule has 0 aromatic carbocycles. The molecule has 0 amide bonds. The molecular formula is C13H22N2O2S. The van der Waals surface area contributed by atoms with Crippen LogP contribution in [0.4, 0.5) is 0 Å². The zero-order valence-corrected chi connectivity index (χ0v) is 11.7. The maximum atomic E-state index is 11.4. The van der Waals surface area contributed by atoms with E-state index in [-0.39, 0.29) is 4.90 Å². The van der Waals surface area contributed by atoms with Crippen molar-refractivity contribution in [2.45, 2.75) is 56.9 Å². The van der Waals surface area contributed by atoms with Gasteiger partial charge in [0.1, 0.15) is 4.90 Å². The van der Waals surface area contributed by atoms with Crippen molar-refractivity contribution >= 4 is 10.0 Å². The van der Waals surface area contributed by atoms with Crippen LogP contribution in [-0.2, 0) is 16.6 Å². The molecule has 2 N–H and O–H groups in total. The first-order valence-corrected chi connectivity index (χ1v) is 8.21. The Labute approximate surface area is 109 Å². The average Bonchev–Trinajstić information content (AvgIpc) is 2.51. The summed E-state index contributed by atoms with van der Waals surface area (Å²) in [5.74, 6) is 0.673. The fourth-order valence-electron chi connectivity index (χ4n) is 2.85. The molecule has 0 bridgehead atoms. The van der Waals surface area contributed by atoms with Crippen molar-refractivity contribution in [2.24, 2.45) is 11.1 Å². The SMILES string of the molecule is Cc1c(S(N)(=O)=O)ccn1CC1CCCCCC1. The third-order valence-corrected chi connectivity index (χ3v) is 4.97. The smallest absolute Gasteiger partial charge is 0.239 e. The van der Waals surface area contributed by atoms with E-state index in [4.69, 9.17) is 5.14 Å². The molecule has 0 aliphatic heterocycles. The molecule has 1 heterocycles. The van der Waals surface area contributed by atoms with Gasteiger partial charge in [-0.05, 0) is 31.7 Å². The first kappa shape index (κ1) is 13.6. The van der Waals surface area contributed by atoms with Gasteiger partial charge in [-0.1, -0.05) is 25.7 Å². The largest absolute Gasteiger partial charge is 0.350 e. The minimum Gasteiger partial charge on any atom is -0.350 e. The summed E-state index contributed by atoms with van der Waals surface area (Å²) in [6, 6.07) is 1.61. The van der Waals surface area contributed by atoms with Gasteiger partial charge in [-0.2, -0.15) is 0 Å². The molecule has 0 radical (unpaired) electrons. The third kappa shape index (κ3) is 3.14. The monoisotopic (exact) mass is 270 g/mol. The summed E-state index contributed by atoms with van der Waals surface area (Å²) in [7, 11) is -3.58. The number of hydrogen-bond donors (Lipinski definition) is 1. The Morgan fingerprint density at radius 1 is 1.28 bits per heavy atom. The van der Waals surface area contributed by atoms with Crippen molar-refractivity contribution in [3.8, 4) is 0 Å². The van der Waals surface area contributed by atoms with Crippen molar-refractivity contribution in [2.75, 3.05) is 0 Å². The van der Waals surface area contributed by atoms with Gasteiger partial charge in [0.2, 0.25) is 10.0 Å². The van der Waals surface area contributed by atoms with E-state index in [9.17, 15) is 8.42 Å². The minimum absolute atomic E-state index is 0.260. The second-order valence-electron chi connectivity index (χ2n) is 5.32. The lowest BCUT2D eigenvalue weighted by molar-refractivity contribution is 0.392. The number of sulfonamides is 1. The summed E-state index contributed by atoms with van der Waals surface area (Å²) in [5, 5.41) is 5.19. The molecule has 1 aromatic heterocycles. The van der Waals surface area contributed by atoms with Gasteiger partial charge in [0.15, 0.2) is 0 Å². The highest BCUT2D eigenvalue weighted by molar-refractivity contribution is 7.89. The van der Waals surface area contributed by atoms with Crippen LogP contribution in [-0.4, -0.2) is 13.0 Å². The number of rotatable bonds is 3. The van der Waals surface area contributed by atoms with Crippen molar-refractivity contribution in [3.63, 3.8) is 0 Å². The normalized spacial score (nSPS) is 18.8. The van der Waals surface area contributed by atoms with Crippen LogP contribution >= 0.6 is 0 Å². The van der Waals surface area contributed by atoms with Gasteiger partial charge >= 0.3 is 0 Å². The summed E-state index contributed by atoms with van der Waals surface area (Å²) < 4.78 is 24.8. The molecule has 1 aliphatic rings. The predicted molar refractivity (Wildman–Crippen MR) is 71.7 cm³/mol. The standard InChI is InChI=1S/C13H22N2O2S/c1-11-13(18(14,16)17)8-9-15(11)10-12-6-4-2-3-5-7-12/h8-9,12H,2-7,10H2,1H3,(H2,14,16,17). The Hall–Kier alpha value is -0.810. The first-order valence-electron chi connectivity index (χ1n) is 6.67. The molecule has 4 nitrogen and oxygen atoms in total. The van der Waals surface area contributed by atoms with Crippen LogP contribution in [0.5, 0.6) is 0 Å². The molecule has 2 rings (SSSR count). The van der Waals surface area contributed by atoms with E-state index in [1.165, 1.54) is 38.5 Å². The second-order valence-corrected chi connectivity index (χ2v) is 6.85. The Morgan fingerprint density at radius 2 is 1.89 bits per heavy atom. The first-order chi connectivity index (χ1) is 8.48. The van der Waals surface area contributed by atoms with Gasteiger partial charge in [-0.15, -0.1) is 0 Å². The summed E-state index contributed by atoms with van der Waals surface area (Å²) >= 11 is 0. The van der Waals surface area contributed by atoms with Crippen molar-refractivity contribution < 1.29 is 8.42 Å². The van der Waals surface area contributed by atoms with Crippen LogP contribution < -0.4 is 5.14 Å². The Kier molecular flexibility index (Phi) is 4.12. The number of aromatic nitrogens is 1. The van der Waals surface area contributed by atoms with E-state index in [0.29, 0.717) is 5.92 Å². The quantitative estimate of drug-likeness (QED) is 0.857. The Balaban J connectivity index is 2.12. The summed E-state index contributed by atoms with van der Waals surface area (Å²) in [6.07, 6.45) is 9.62. The zero-order valence-electron chi connectivity index (χ0n) is 10.9. The lowest BCUT2D eigenvalue weighted by Crippen LogP contribution is -2.15. The maximum Gasteiger partial charge on any atom is 0.239 e. The molecule has 0 saturated heterocycles. The number of nitrogens with two attached hydrogens (primary N) is 1. The molecule has 1 saturated carbocycles. The van der Waals surface area contributed by atoms with E-state index < -0.39 is 10.0 Å². The van der Waals surface area contributed by atoms with Crippen molar-refractivity contribution in [1.29, 1.82) is 0 Å². The van der Waals surface area contributed by atoms with E-state index in [2.05, 4.69) is 0 Å². The van der Waals surface area contributed by atoms with Gasteiger partial charge in [0.05, 0.1) is 0 Å². The van der Waals surface area contributed by atoms with Crippen LogP contribution in [0.25, 0.3) is 0 Å². The predicted octanol–water partition coefficient (Wildman–Crippen LogP) is 2.41. The molecule has 0 spiro atoms. The fraction of sp³-hybridized carbons (Fsp3) is 0.692. The topological polar surface area (TPSA) is 65.1 Å². The molecule has 5 heteroatoms. The van der Waals surface area contributed by atoms with Crippen molar-refractivity contribution in [1.82, 2.24) is 4.57 Å². The summed E-state index contributed by atoms with van der Waals surface area (Å²) in [6.45, 7) is 2.75. The molecule has 1 aromatic rings. The van der Waals surface area contributed by atoms with Crippen LogP contribution in [0.15, 0.2) is 17.2 Å². The van der Waals surface area contributed by atoms with Gasteiger partial charge in [0.25, 0.3) is 0 Å². The number of nitrogens with zero attached hydrogens (tertiary/aromatic N) is 1. The van der Waals surface area contributed by atoms with Gasteiger partial charge in [-0.3, -0.25) is 0 Å². The van der Waals surface area contributed by atoms with Crippen LogP contribution in [0, 0.1) is 12.8 Å². The lowest BCUT2D eigenvalue weighted by atomic mass is 10.0. The maximum absolute atomic E-state index is 11.4. The van der Waals surface area contributed by atoms with E-state index in [0.717, 1.165) is 12.2 Å². The van der Waals surface area contributed by atoms with Crippen LogP contribution in [0.3, 0.4) is 0 Å². The Morgan fingerprint density at radius 3 is 2.39 bits per heavy atom. The van der Waals surface area contributed by atoms with E-state index in [1.807, 2.05) is 17.7 Å². The molecule has 18 heavy (non-hydrogen) atoms. The van der Waals surface area contributed by atoms with Crippen LogP contribution in [0.1, 0.15) is 44.2 Å². The van der Waals surface area contributed by atoms with Crippen molar-refractivity contribution in [3.05, 3.63) is 18.0 Å². The highest BCUT2D eigenvalue weighted by atomic mass is 32.2.